The molecule has 2 aliphatic rings. The Bertz CT molecular complexity index is 325. The lowest BCUT2D eigenvalue weighted by molar-refractivity contribution is -0.141. The van der Waals surface area contributed by atoms with E-state index in [0.717, 1.165) is 32.2 Å². The number of nitrogens with zero attached hydrogens (tertiary/aromatic N) is 1. The maximum Gasteiger partial charge on any atom is 0.245 e. The second-order valence-electron chi connectivity index (χ2n) is 5.38. The predicted molar refractivity (Wildman–Crippen MR) is 65.4 cm³/mol. The lowest BCUT2D eigenvalue weighted by Crippen LogP contribution is -2.55. The molecular weight excluding hydrogens is 216 g/mol. The first kappa shape index (κ1) is 12.4. The normalized spacial score (nSPS) is 28.6. The van der Waals surface area contributed by atoms with Crippen molar-refractivity contribution in [3.8, 4) is 0 Å². The predicted octanol–water partition coefficient (Wildman–Crippen LogP) is 1.45. The Balaban J connectivity index is 2.00. The number of rotatable bonds is 5. The summed E-state index contributed by atoms with van der Waals surface area (Å²) in [5.74, 6) is 0.185. The van der Waals surface area contributed by atoms with E-state index < -0.39 is 5.54 Å². The molecule has 2 rings (SSSR count). The van der Waals surface area contributed by atoms with Crippen LogP contribution < -0.4 is 5.32 Å². The molecule has 1 atom stereocenters. The fourth-order valence-corrected chi connectivity index (χ4v) is 2.60. The van der Waals surface area contributed by atoms with Crippen LogP contribution in [0.3, 0.4) is 0 Å². The van der Waals surface area contributed by atoms with Crippen LogP contribution in [0.4, 0.5) is 0 Å². The van der Waals surface area contributed by atoms with Crippen molar-refractivity contribution in [2.45, 2.75) is 64.0 Å². The summed E-state index contributed by atoms with van der Waals surface area (Å²) < 4.78 is 0. The van der Waals surface area contributed by atoms with Gasteiger partial charge in [0, 0.05) is 19.0 Å². The molecule has 4 nitrogen and oxygen atoms in total. The summed E-state index contributed by atoms with van der Waals surface area (Å²) in [7, 11) is 0. The van der Waals surface area contributed by atoms with Crippen molar-refractivity contribution in [1.82, 2.24) is 10.2 Å². The molecule has 1 saturated heterocycles. The van der Waals surface area contributed by atoms with Crippen LogP contribution in [-0.2, 0) is 9.59 Å². The number of unbranched alkanes of at least 4 members (excludes halogenated alkanes) is 1. The highest BCUT2D eigenvalue weighted by atomic mass is 16.2. The molecule has 1 heterocycles. The molecule has 17 heavy (non-hydrogen) atoms. The van der Waals surface area contributed by atoms with E-state index in [1.807, 2.05) is 11.8 Å². The number of hydrogen-bond donors (Lipinski definition) is 1. The van der Waals surface area contributed by atoms with Gasteiger partial charge in [-0.25, -0.2) is 0 Å². The van der Waals surface area contributed by atoms with Gasteiger partial charge in [-0.15, -0.1) is 0 Å². The second-order valence-corrected chi connectivity index (χ2v) is 5.38. The number of nitrogens with one attached hydrogen (secondary N) is 1. The molecule has 1 aliphatic heterocycles. The van der Waals surface area contributed by atoms with Gasteiger partial charge in [0.1, 0.15) is 5.54 Å². The molecule has 0 bridgehead atoms. The third kappa shape index (κ3) is 2.31. The van der Waals surface area contributed by atoms with Gasteiger partial charge in [0.15, 0.2) is 0 Å². The zero-order valence-electron chi connectivity index (χ0n) is 10.8. The van der Waals surface area contributed by atoms with E-state index in [9.17, 15) is 9.59 Å². The van der Waals surface area contributed by atoms with Crippen LogP contribution in [0, 0.1) is 0 Å². The molecule has 1 saturated carbocycles. The quantitative estimate of drug-likeness (QED) is 0.737. The second kappa shape index (κ2) is 4.67. The number of likely N-dealkylation sites (tertiary alicyclic amines) is 1. The number of hydrogen-bond acceptors (Lipinski definition) is 2. The van der Waals surface area contributed by atoms with Gasteiger partial charge in [-0.3, -0.25) is 9.59 Å². The summed E-state index contributed by atoms with van der Waals surface area (Å²) in [5.41, 5.74) is -0.591. The van der Waals surface area contributed by atoms with Gasteiger partial charge in [-0.1, -0.05) is 13.3 Å². The van der Waals surface area contributed by atoms with E-state index in [-0.39, 0.29) is 11.8 Å². The van der Waals surface area contributed by atoms with E-state index in [0.29, 0.717) is 18.9 Å². The molecule has 2 amide bonds. The number of carbonyl (C=O) groups excluding carboxylic acids is 2. The summed E-state index contributed by atoms with van der Waals surface area (Å²) in [4.78, 5) is 25.9. The summed E-state index contributed by atoms with van der Waals surface area (Å²) in [6.07, 6.45) is 5.38. The molecule has 1 N–H and O–H groups in total. The van der Waals surface area contributed by atoms with Crippen LogP contribution in [0.1, 0.15) is 52.4 Å². The third-order valence-electron chi connectivity index (χ3n) is 3.84. The minimum absolute atomic E-state index is 0.0312. The van der Waals surface area contributed by atoms with E-state index in [1.165, 1.54) is 0 Å². The van der Waals surface area contributed by atoms with E-state index in [4.69, 9.17) is 0 Å². The highest BCUT2D eigenvalue weighted by Crippen LogP contribution is 2.40. The van der Waals surface area contributed by atoms with Crippen molar-refractivity contribution >= 4 is 11.8 Å². The molecule has 4 heteroatoms. The van der Waals surface area contributed by atoms with E-state index >= 15 is 0 Å². The molecule has 0 aromatic carbocycles. The Morgan fingerprint density at radius 3 is 2.82 bits per heavy atom. The lowest BCUT2D eigenvalue weighted by Gasteiger charge is -2.34. The summed E-state index contributed by atoms with van der Waals surface area (Å²) in [5, 5.41) is 2.97. The van der Waals surface area contributed by atoms with Crippen LogP contribution in [0.25, 0.3) is 0 Å². The van der Waals surface area contributed by atoms with Crippen molar-refractivity contribution in [1.29, 1.82) is 0 Å². The Labute approximate surface area is 103 Å². The molecule has 1 aliphatic carbocycles. The largest absolute Gasteiger partial charge is 0.354 e. The topological polar surface area (TPSA) is 49.4 Å². The van der Waals surface area contributed by atoms with E-state index in [2.05, 4.69) is 12.2 Å². The van der Waals surface area contributed by atoms with Crippen LogP contribution in [0.15, 0.2) is 0 Å². The fourth-order valence-electron chi connectivity index (χ4n) is 2.60. The summed E-state index contributed by atoms with van der Waals surface area (Å²) in [6, 6.07) is 0.326. The van der Waals surface area contributed by atoms with Gasteiger partial charge in [0.2, 0.25) is 11.8 Å². The highest BCUT2D eigenvalue weighted by molar-refractivity contribution is 5.94. The Morgan fingerprint density at radius 2 is 2.24 bits per heavy atom. The van der Waals surface area contributed by atoms with Crippen molar-refractivity contribution in [3.63, 3.8) is 0 Å². The average Bonchev–Trinajstić information content (AvgIpc) is 3.07. The van der Waals surface area contributed by atoms with E-state index in [1.54, 1.807) is 0 Å². The number of amides is 2. The van der Waals surface area contributed by atoms with Crippen molar-refractivity contribution in [2.75, 3.05) is 6.54 Å². The molecule has 96 valence electrons. The Hall–Kier alpha value is -1.06. The minimum atomic E-state index is -0.591. The molecule has 0 aromatic rings. The first-order valence-electron chi connectivity index (χ1n) is 6.70. The van der Waals surface area contributed by atoms with Gasteiger partial charge in [0.25, 0.3) is 0 Å². The molecular formula is C13H22N2O2. The fraction of sp³-hybridized carbons (Fsp3) is 0.846. The third-order valence-corrected chi connectivity index (χ3v) is 3.84. The van der Waals surface area contributed by atoms with Crippen LogP contribution in [0.5, 0.6) is 0 Å². The maximum absolute atomic E-state index is 12.2. The maximum atomic E-state index is 12.2. The van der Waals surface area contributed by atoms with Crippen LogP contribution in [-0.4, -0.2) is 34.8 Å². The standard InChI is InChI=1S/C13H22N2O2/c1-3-4-9-14-12(17)13(2)8-7-11(16)15(13)10-5-6-10/h10H,3-9H2,1-2H3,(H,14,17). The molecule has 0 spiro atoms. The SMILES string of the molecule is CCCCNC(=O)C1(C)CCC(=O)N1C1CC1. The van der Waals surface area contributed by atoms with Gasteiger partial charge < -0.3 is 10.2 Å². The Kier molecular flexibility index (Phi) is 3.40. The zero-order chi connectivity index (χ0) is 12.5. The lowest BCUT2D eigenvalue weighted by atomic mass is 9.97. The van der Waals surface area contributed by atoms with Crippen LogP contribution in [0.2, 0.25) is 0 Å². The zero-order valence-corrected chi connectivity index (χ0v) is 10.8. The smallest absolute Gasteiger partial charge is 0.245 e. The average molecular weight is 238 g/mol. The van der Waals surface area contributed by atoms with Crippen LogP contribution >= 0.6 is 0 Å². The highest BCUT2D eigenvalue weighted by Gasteiger charge is 2.52. The molecule has 0 radical (unpaired) electrons. The number of carbonyl (C=O) groups is 2. The molecule has 1 unspecified atom stereocenters. The monoisotopic (exact) mass is 238 g/mol. The van der Waals surface area contributed by atoms with Gasteiger partial charge in [-0.05, 0) is 32.6 Å². The summed E-state index contributed by atoms with van der Waals surface area (Å²) in [6.45, 7) is 4.73. The van der Waals surface area contributed by atoms with Gasteiger partial charge >= 0.3 is 0 Å². The Morgan fingerprint density at radius 1 is 1.53 bits per heavy atom. The van der Waals surface area contributed by atoms with Gasteiger partial charge in [0.05, 0.1) is 0 Å². The van der Waals surface area contributed by atoms with Crippen molar-refractivity contribution in [2.24, 2.45) is 0 Å². The molecule has 2 fully saturated rings. The summed E-state index contributed by atoms with van der Waals surface area (Å²) >= 11 is 0. The van der Waals surface area contributed by atoms with Crippen molar-refractivity contribution < 1.29 is 9.59 Å². The first-order valence-corrected chi connectivity index (χ1v) is 6.70. The van der Waals surface area contributed by atoms with Crippen molar-refractivity contribution in [3.05, 3.63) is 0 Å². The first-order chi connectivity index (χ1) is 8.09. The molecule has 0 aromatic heterocycles. The van der Waals surface area contributed by atoms with Gasteiger partial charge in [-0.2, -0.15) is 0 Å². The minimum Gasteiger partial charge on any atom is -0.354 e.